The molecule has 2 aliphatic rings. The summed E-state index contributed by atoms with van der Waals surface area (Å²) < 4.78 is 12.2. The van der Waals surface area contributed by atoms with Gasteiger partial charge in [0.1, 0.15) is 0 Å². The highest BCUT2D eigenvalue weighted by atomic mass is 127. The molecule has 1 aliphatic heterocycles. The van der Waals surface area contributed by atoms with E-state index >= 15 is 0 Å². The molecule has 0 amide bonds. The number of nitrogens with one attached hydrogen (secondary N) is 2. The Labute approximate surface area is 192 Å². The second kappa shape index (κ2) is 12.1. The first kappa shape index (κ1) is 26.1. The Morgan fingerprint density at radius 2 is 1.82 bits per heavy atom. The Kier molecular flexibility index (Phi) is 11.3. The Balaban J connectivity index is 0.00000392. The van der Waals surface area contributed by atoms with Crippen LogP contribution in [0.25, 0.3) is 0 Å². The van der Waals surface area contributed by atoms with Gasteiger partial charge in [-0.15, -0.1) is 24.0 Å². The molecule has 0 radical (unpaired) electrons. The molecule has 0 aromatic rings. The van der Waals surface area contributed by atoms with Gasteiger partial charge in [-0.1, -0.05) is 27.2 Å². The predicted molar refractivity (Wildman–Crippen MR) is 133 cm³/mol. The van der Waals surface area contributed by atoms with Crippen LogP contribution < -0.4 is 10.6 Å². The fourth-order valence-electron chi connectivity index (χ4n) is 4.71. The molecule has 2 rings (SSSR count). The average molecular weight is 527 g/mol. The van der Waals surface area contributed by atoms with Gasteiger partial charge in [-0.05, 0) is 51.4 Å². The van der Waals surface area contributed by atoms with Crippen LogP contribution >= 0.6 is 24.0 Å². The van der Waals surface area contributed by atoms with E-state index in [0.29, 0.717) is 11.3 Å². The molecule has 166 valence electrons. The van der Waals surface area contributed by atoms with E-state index in [1.165, 1.54) is 19.5 Å². The van der Waals surface area contributed by atoms with E-state index in [1.54, 1.807) is 0 Å². The lowest BCUT2D eigenvalue weighted by Crippen LogP contribution is -2.58. The summed E-state index contributed by atoms with van der Waals surface area (Å²) in [7, 11) is 1.16. The Bertz CT molecular complexity index is 519. The number of guanidine groups is 1. The first-order valence-corrected chi connectivity index (χ1v) is 12.2. The number of piperidine rings is 1. The molecule has 5 atom stereocenters. The number of hydrogen-bond donors (Lipinski definition) is 2. The van der Waals surface area contributed by atoms with Gasteiger partial charge in [-0.3, -0.25) is 14.1 Å². The van der Waals surface area contributed by atoms with Gasteiger partial charge >= 0.3 is 0 Å². The fourth-order valence-corrected chi connectivity index (χ4v) is 6.06. The van der Waals surface area contributed by atoms with Gasteiger partial charge in [0.05, 0.1) is 0 Å². The summed E-state index contributed by atoms with van der Waals surface area (Å²) >= 11 is 0. The highest BCUT2D eigenvalue weighted by molar-refractivity contribution is 14.0. The lowest BCUT2D eigenvalue weighted by atomic mass is 9.88. The smallest absolute Gasteiger partial charge is 0.191 e. The maximum Gasteiger partial charge on any atom is 0.191 e. The van der Waals surface area contributed by atoms with Crippen LogP contribution in [0.3, 0.4) is 0 Å². The van der Waals surface area contributed by atoms with Crippen molar-refractivity contribution in [2.75, 3.05) is 32.4 Å². The third-order valence-corrected chi connectivity index (χ3v) is 8.00. The van der Waals surface area contributed by atoms with Gasteiger partial charge in [-0.25, -0.2) is 0 Å². The van der Waals surface area contributed by atoms with Crippen LogP contribution in [0.1, 0.15) is 66.7 Å². The zero-order valence-electron chi connectivity index (χ0n) is 18.8. The van der Waals surface area contributed by atoms with Crippen LogP contribution in [0, 0.1) is 11.8 Å². The third kappa shape index (κ3) is 7.74. The van der Waals surface area contributed by atoms with Gasteiger partial charge in [0.15, 0.2) is 5.96 Å². The zero-order chi connectivity index (χ0) is 20.0. The summed E-state index contributed by atoms with van der Waals surface area (Å²) in [5.74, 6) is 3.19. The topological polar surface area (TPSA) is 56.7 Å². The number of likely N-dealkylation sites (tertiary alicyclic amines) is 1. The van der Waals surface area contributed by atoms with Crippen molar-refractivity contribution >= 4 is 40.7 Å². The van der Waals surface area contributed by atoms with E-state index in [4.69, 9.17) is 0 Å². The highest BCUT2D eigenvalue weighted by Gasteiger charge is 2.33. The summed E-state index contributed by atoms with van der Waals surface area (Å²) in [6.45, 7) is 14.7. The first-order chi connectivity index (χ1) is 12.7. The van der Waals surface area contributed by atoms with Crippen LogP contribution in [0.4, 0.5) is 0 Å². The van der Waals surface area contributed by atoms with Crippen LogP contribution in [-0.2, 0) is 10.8 Å². The Hall–Kier alpha value is 0.110. The minimum atomic E-state index is -0.686. The molecule has 5 unspecified atom stereocenters. The number of halogens is 1. The lowest BCUT2D eigenvalue weighted by Gasteiger charge is -2.45. The van der Waals surface area contributed by atoms with E-state index in [1.807, 2.05) is 14.0 Å². The largest absolute Gasteiger partial charge is 0.355 e. The summed E-state index contributed by atoms with van der Waals surface area (Å²) in [6, 6.07) is 0.378. The summed E-state index contributed by atoms with van der Waals surface area (Å²) in [5.41, 5.74) is 0.0966. The monoisotopic (exact) mass is 526 g/mol. The standard InChI is InChI=1S/C21H42N4OS.HI/c1-7-27(26)19-10-8-9-18(12-19)24-20(22-6)23-15-21(4,5)25-13-16(2)11-17(3)14-25;/h16-19H,7-15H2,1-6H3,(H2,22,23,24);1H. The SMILES string of the molecule is CCS(=O)C1CCCC(NC(=NC)NCC(C)(C)N2CC(C)CC(C)C2)C1.I. The second-order valence-electron chi connectivity index (χ2n) is 9.39. The molecule has 0 spiro atoms. The molecule has 1 saturated heterocycles. The van der Waals surface area contributed by atoms with Gasteiger partial charge in [0, 0.05) is 60.1 Å². The number of nitrogens with zero attached hydrogens (tertiary/aromatic N) is 2. The van der Waals surface area contributed by atoms with Crippen molar-refractivity contribution in [3.05, 3.63) is 0 Å². The molecule has 1 heterocycles. The molecule has 2 fully saturated rings. The van der Waals surface area contributed by atoms with Gasteiger partial charge in [0.2, 0.25) is 0 Å². The third-order valence-electron chi connectivity index (χ3n) is 6.26. The van der Waals surface area contributed by atoms with Crippen LogP contribution in [0.2, 0.25) is 0 Å². The van der Waals surface area contributed by atoms with Crippen LogP contribution in [0.15, 0.2) is 4.99 Å². The van der Waals surface area contributed by atoms with Crippen molar-refractivity contribution in [3.63, 3.8) is 0 Å². The average Bonchev–Trinajstić information content (AvgIpc) is 2.63. The van der Waals surface area contributed by atoms with Gasteiger partial charge in [0.25, 0.3) is 0 Å². The van der Waals surface area contributed by atoms with Crippen molar-refractivity contribution in [3.8, 4) is 0 Å². The van der Waals surface area contributed by atoms with Crippen LogP contribution in [0.5, 0.6) is 0 Å². The molecule has 1 aliphatic carbocycles. The molecule has 0 bridgehead atoms. The molecule has 0 aromatic carbocycles. The van der Waals surface area contributed by atoms with Crippen molar-refractivity contribution < 1.29 is 4.21 Å². The molecule has 1 saturated carbocycles. The van der Waals surface area contributed by atoms with Crippen molar-refractivity contribution in [1.82, 2.24) is 15.5 Å². The van der Waals surface area contributed by atoms with E-state index < -0.39 is 10.8 Å². The van der Waals surface area contributed by atoms with E-state index in [2.05, 4.69) is 48.2 Å². The van der Waals surface area contributed by atoms with Gasteiger partial charge in [-0.2, -0.15) is 0 Å². The fraction of sp³-hybridized carbons (Fsp3) is 0.952. The molecule has 0 aromatic heterocycles. The summed E-state index contributed by atoms with van der Waals surface area (Å²) in [6.07, 6.45) is 5.72. The van der Waals surface area contributed by atoms with Crippen molar-refractivity contribution in [2.24, 2.45) is 16.8 Å². The molecule has 28 heavy (non-hydrogen) atoms. The Morgan fingerprint density at radius 3 is 2.39 bits per heavy atom. The highest BCUT2D eigenvalue weighted by Crippen LogP contribution is 2.27. The predicted octanol–water partition coefficient (Wildman–Crippen LogP) is 3.61. The van der Waals surface area contributed by atoms with Gasteiger partial charge < -0.3 is 10.6 Å². The Morgan fingerprint density at radius 1 is 1.18 bits per heavy atom. The van der Waals surface area contributed by atoms with Crippen molar-refractivity contribution in [1.29, 1.82) is 0 Å². The molecule has 5 nitrogen and oxygen atoms in total. The number of rotatable bonds is 6. The normalized spacial score (nSPS) is 31.0. The quantitative estimate of drug-likeness (QED) is 0.316. The van der Waals surface area contributed by atoms with E-state index in [9.17, 15) is 4.21 Å². The summed E-state index contributed by atoms with van der Waals surface area (Å²) in [5, 5.41) is 7.50. The maximum absolute atomic E-state index is 12.2. The molecule has 7 heteroatoms. The van der Waals surface area contributed by atoms with E-state index in [-0.39, 0.29) is 29.5 Å². The number of hydrogen-bond acceptors (Lipinski definition) is 3. The minimum Gasteiger partial charge on any atom is -0.355 e. The molecular formula is C21H43IN4OS. The van der Waals surface area contributed by atoms with Crippen LogP contribution in [-0.4, -0.2) is 64.3 Å². The zero-order valence-corrected chi connectivity index (χ0v) is 21.9. The maximum atomic E-state index is 12.2. The summed E-state index contributed by atoms with van der Waals surface area (Å²) in [4.78, 5) is 7.08. The first-order valence-electron chi connectivity index (χ1n) is 10.8. The number of aliphatic imine (C=N–C) groups is 1. The lowest BCUT2D eigenvalue weighted by molar-refractivity contribution is 0.0483. The molecule has 2 N–H and O–H groups in total. The van der Waals surface area contributed by atoms with E-state index in [0.717, 1.165) is 55.8 Å². The molecular weight excluding hydrogens is 483 g/mol. The minimum absolute atomic E-state index is 0. The second-order valence-corrected chi connectivity index (χ2v) is 11.4. The van der Waals surface area contributed by atoms with Crippen molar-refractivity contribution in [2.45, 2.75) is 83.6 Å².